The summed E-state index contributed by atoms with van der Waals surface area (Å²) in [6, 6.07) is 16.0. The van der Waals surface area contributed by atoms with Crippen molar-refractivity contribution in [1.82, 2.24) is 14.8 Å². The highest BCUT2D eigenvalue weighted by molar-refractivity contribution is 7.99. The molecular weight excluding hydrogens is 420 g/mol. The monoisotopic (exact) mass is 446 g/mol. The van der Waals surface area contributed by atoms with E-state index in [0.29, 0.717) is 19.0 Å². The Kier molecular flexibility index (Phi) is 5.74. The van der Waals surface area contributed by atoms with Crippen LogP contribution in [0, 0.1) is 6.92 Å². The van der Waals surface area contributed by atoms with Crippen LogP contribution in [0.2, 0.25) is 0 Å². The van der Waals surface area contributed by atoms with E-state index < -0.39 is 0 Å². The van der Waals surface area contributed by atoms with Crippen molar-refractivity contribution in [2.24, 2.45) is 0 Å². The molecule has 1 unspecified atom stereocenters. The van der Waals surface area contributed by atoms with Crippen LogP contribution >= 0.6 is 11.8 Å². The quantitative estimate of drug-likeness (QED) is 0.518. The SMILES string of the molecule is CCSc1nc2n(n1)C(c1ccc(OCc3ccccc3C)cc1)C1=C(CCCC1=O)N2. The second kappa shape index (κ2) is 8.82. The van der Waals surface area contributed by atoms with Gasteiger partial charge in [-0.15, -0.1) is 5.10 Å². The van der Waals surface area contributed by atoms with Crippen molar-refractivity contribution in [3.63, 3.8) is 0 Å². The van der Waals surface area contributed by atoms with Crippen molar-refractivity contribution in [1.29, 1.82) is 0 Å². The van der Waals surface area contributed by atoms with Gasteiger partial charge in [-0.3, -0.25) is 4.79 Å². The van der Waals surface area contributed by atoms with Crippen molar-refractivity contribution in [2.45, 2.75) is 50.9 Å². The summed E-state index contributed by atoms with van der Waals surface area (Å²) >= 11 is 1.60. The van der Waals surface area contributed by atoms with Crippen LogP contribution in [-0.2, 0) is 11.4 Å². The average molecular weight is 447 g/mol. The number of nitrogens with zero attached hydrogens (tertiary/aromatic N) is 3. The maximum Gasteiger partial charge on any atom is 0.227 e. The predicted octanol–water partition coefficient (Wildman–Crippen LogP) is 5.30. The summed E-state index contributed by atoms with van der Waals surface area (Å²) in [5.41, 5.74) is 5.20. The van der Waals surface area contributed by atoms with Crippen LogP contribution < -0.4 is 10.1 Å². The lowest BCUT2D eigenvalue weighted by molar-refractivity contribution is -0.116. The average Bonchev–Trinajstić information content (AvgIpc) is 3.20. The third-order valence-corrected chi connectivity index (χ3v) is 6.69. The number of Topliss-reactive ketones (excluding diaryl/α,β-unsaturated/α-hetero) is 1. The van der Waals surface area contributed by atoms with E-state index in [0.717, 1.165) is 46.3 Å². The number of carbonyl (C=O) groups excluding carboxylic acids is 1. The number of fused-ring (bicyclic) bond motifs is 1. The van der Waals surface area contributed by atoms with E-state index in [4.69, 9.17) is 9.84 Å². The lowest BCUT2D eigenvalue weighted by Crippen LogP contribution is -2.31. The van der Waals surface area contributed by atoms with Crippen LogP contribution in [0.5, 0.6) is 5.75 Å². The van der Waals surface area contributed by atoms with Crippen molar-refractivity contribution in [2.75, 3.05) is 11.1 Å². The molecular formula is C25H26N4O2S. The Morgan fingerprint density at radius 3 is 2.75 bits per heavy atom. The zero-order chi connectivity index (χ0) is 22.1. The normalized spacial score (nSPS) is 17.6. The van der Waals surface area contributed by atoms with Crippen molar-refractivity contribution >= 4 is 23.5 Å². The molecule has 1 aliphatic carbocycles. The van der Waals surface area contributed by atoms with Gasteiger partial charge in [0.25, 0.3) is 0 Å². The number of ether oxygens (including phenoxy) is 1. The highest BCUT2D eigenvalue weighted by atomic mass is 32.2. The maximum absolute atomic E-state index is 12.9. The number of ketones is 1. The maximum atomic E-state index is 12.9. The fraction of sp³-hybridized carbons (Fsp3) is 0.320. The molecule has 0 saturated carbocycles. The molecule has 3 aromatic rings. The van der Waals surface area contributed by atoms with Gasteiger partial charge in [-0.1, -0.05) is 55.1 Å². The van der Waals surface area contributed by atoms with E-state index in [1.54, 1.807) is 11.8 Å². The van der Waals surface area contributed by atoms with E-state index in [1.807, 2.05) is 41.1 Å². The van der Waals surface area contributed by atoms with Crippen molar-refractivity contribution in [3.8, 4) is 5.75 Å². The fourth-order valence-corrected chi connectivity index (χ4v) is 4.87. The van der Waals surface area contributed by atoms with Gasteiger partial charge in [-0.25, -0.2) is 4.68 Å². The van der Waals surface area contributed by atoms with Gasteiger partial charge in [-0.2, -0.15) is 4.98 Å². The highest BCUT2D eigenvalue weighted by Crippen LogP contribution is 2.40. The molecule has 0 radical (unpaired) electrons. The first-order valence-electron chi connectivity index (χ1n) is 11.0. The third kappa shape index (κ3) is 3.93. The van der Waals surface area contributed by atoms with E-state index in [-0.39, 0.29) is 11.8 Å². The second-order valence-electron chi connectivity index (χ2n) is 8.08. The summed E-state index contributed by atoms with van der Waals surface area (Å²) < 4.78 is 7.88. The van der Waals surface area contributed by atoms with Crippen molar-refractivity contribution in [3.05, 3.63) is 76.5 Å². The van der Waals surface area contributed by atoms with E-state index in [2.05, 4.69) is 36.3 Å². The molecule has 2 aromatic carbocycles. The summed E-state index contributed by atoms with van der Waals surface area (Å²) in [4.78, 5) is 17.6. The first-order valence-corrected chi connectivity index (χ1v) is 12.0. The lowest BCUT2D eigenvalue weighted by atomic mass is 9.85. The number of aromatic nitrogens is 3. The number of aryl methyl sites for hydroxylation is 1. The summed E-state index contributed by atoms with van der Waals surface area (Å²) in [6.07, 6.45) is 2.31. The molecule has 0 amide bonds. The molecule has 0 saturated heterocycles. The Hall–Kier alpha value is -3.06. The first-order chi connectivity index (χ1) is 15.6. The summed E-state index contributed by atoms with van der Waals surface area (Å²) in [7, 11) is 0. The van der Waals surface area contributed by atoms with Crippen LogP contribution in [0.4, 0.5) is 5.95 Å². The number of allylic oxidation sites excluding steroid dienone is 2. The number of anilines is 1. The van der Waals surface area contributed by atoms with Crippen LogP contribution in [0.1, 0.15) is 48.9 Å². The number of rotatable bonds is 6. The molecule has 0 bridgehead atoms. The first kappa shape index (κ1) is 20.8. The van der Waals surface area contributed by atoms with Gasteiger partial charge in [0.2, 0.25) is 11.1 Å². The lowest BCUT2D eigenvalue weighted by Gasteiger charge is -2.32. The number of hydrogen-bond donors (Lipinski definition) is 1. The van der Waals surface area contributed by atoms with Crippen LogP contribution in [0.15, 0.2) is 65.0 Å². The van der Waals surface area contributed by atoms with Crippen molar-refractivity contribution < 1.29 is 9.53 Å². The Bertz CT molecular complexity index is 1180. The molecule has 1 aliphatic heterocycles. The number of benzene rings is 2. The Balaban J connectivity index is 1.45. The topological polar surface area (TPSA) is 69.0 Å². The van der Waals surface area contributed by atoms with Crippen LogP contribution in [-0.4, -0.2) is 26.3 Å². The van der Waals surface area contributed by atoms with Gasteiger partial charge in [0.15, 0.2) is 5.78 Å². The molecule has 1 N–H and O–H groups in total. The van der Waals surface area contributed by atoms with E-state index in [1.165, 1.54) is 11.1 Å². The third-order valence-electron chi connectivity index (χ3n) is 5.97. The molecule has 0 spiro atoms. The van der Waals surface area contributed by atoms with E-state index >= 15 is 0 Å². The Morgan fingerprint density at radius 2 is 1.97 bits per heavy atom. The molecule has 2 heterocycles. The highest BCUT2D eigenvalue weighted by Gasteiger charge is 2.36. The van der Waals surface area contributed by atoms with E-state index in [9.17, 15) is 4.79 Å². The van der Waals surface area contributed by atoms with Crippen LogP contribution in [0.25, 0.3) is 0 Å². The Labute approximate surface area is 192 Å². The molecule has 1 atom stereocenters. The largest absolute Gasteiger partial charge is 0.489 e. The van der Waals surface area contributed by atoms with Gasteiger partial charge < -0.3 is 10.1 Å². The molecule has 5 rings (SSSR count). The van der Waals surface area contributed by atoms with Crippen LogP contribution in [0.3, 0.4) is 0 Å². The van der Waals surface area contributed by atoms with Gasteiger partial charge in [0.05, 0.1) is 0 Å². The number of carbonyl (C=O) groups is 1. The smallest absolute Gasteiger partial charge is 0.227 e. The van der Waals surface area contributed by atoms with Gasteiger partial charge >= 0.3 is 0 Å². The zero-order valence-electron chi connectivity index (χ0n) is 18.3. The second-order valence-corrected chi connectivity index (χ2v) is 9.31. The minimum atomic E-state index is -0.266. The molecule has 1 aromatic heterocycles. The number of thioether (sulfide) groups is 1. The molecule has 2 aliphatic rings. The summed E-state index contributed by atoms with van der Waals surface area (Å²) in [5.74, 6) is 2.59. The van der Waals surface area contributed by atoms with Gasteiger partial charge in [0.1, 0.15) is 18.4 Å². The Morgan fingerprint density at radius 1 is 1.16 bits per heavy atom. The molecule has 6 nitrogen and oxygen atoms in total. The number of nitrogens with one attached hydrogen (secondary N) is 1. The fourth-order valence-electron chi connectivity index (χ4n) is 4.31. The molecule has 164 valence electrons. The zero-order valence-corrected chi connectivity index (χ0v) is 19.1. The predicted molar refractivity (Wildman–Crippen MR) is 126 cm³/mol. The number of hydrogen-bond acceptors (Lipinski definition) is 6. The molecule has 7 heteroatoms. The minimum absolute atomic E-state index is 0.189. The summed E-state index contributed by atoms with van der Waals surface area (Å²) in [5, 5.41) is 8.82. The standard InChI is InChI=1S/C25H26N4O2S/c1-3-32-25-27-24-26-20-9-6-10-21(30)22(20)23(29(24)28-25)17-11-13-19(14-12-17)31-15-18-8-5-4-7-16(18)2/h4-5,7-8,11-14,23H,3,6,9-10,15H2,1-2H3,(H,26,27,28). The van der Waals surface area contributed by atoms with Gasteiger partial charge in [0, 0.05) is 17.7 Å². The molecule has 32 heavy (non-hydrogen) atoms. The molecule has 0 fully saturated rings. The van der Waals surface area contributed by atoms with Gasteiger partial charge in [-0.05, 0) is 54.3 Å². The minimum Gasteiger partial charge on any atom is -0.489 e. The summed E-state index contributed by atoms with van der Waals surface area (Å²) in [6.45, 7) is 4.70.